The summed E-state index contributed by atoms with van der Waals surface area (Å²) in [7, 11) is 0. The molecule has 1 amide bonds. The van der Waals surface area contributed by atoms with Crippen LogP contribution in [0, 0.1) is 13.8 Å². The first kappa shape index (κ1) is 18.6. The maximum absolute atomic E-state index is 13.2. The van der Waals surface area contributed by atoms with Gasteiger partial charge in [0.05, 0.1) is 12.6 Å². The van der Waals surface area contributed by atoms with Gasteiger partial charge in [-0.15, -0.1) is 0 Å². The molecule has 5 rings (SSSR count). The number of nitrogens with one attached hydrogen (secondary N) is 1. The monoisotopic (exact) mass is 400 g/mol. The molecule has 2 unspecified atom stereocenters. The van der Waals surface area contributed by atoms with E-state index >= 15 is 0 Å². The van der Waals surface area contributed by atoms with Crippen molar-refractivity contribution in [2.45, 2.75) is 38.9 Å². The number of hydrazine groups is 1. The Morgan fingerprint density at radius 1 is 1.07 bits per heavy atom. The fourth-order valence-electron chi connectivity index (χ4n) is 4.13. The minimum absolute atomic E-state index is 0.0725. The van der Waals surface area contributed by atoms with Crippen LogP contribution in [0.25, 0.3) is 11.5 Å². The van der Waals surface area contributed by atoms with Crippen LogP contribution in [0.1, 0.15) is 35.0 Å². The quantitative estimate of drug-likeness (QED) is 0.715. The summed E-state index contributed by atoms with van der Waals surface area (Å²) in [5, 5.41) is 1.92. The Bertz CT molecular complexity index is 1110. The molecule has 2 aliphatic heterocycles. The van der Waals surface area contributed by atoms with Crippen LogP contribution in [0.2, 0.25) is 0 Å². The molecule has 2 aromatic carbocycles. The molecule has 3 heterocycles. The molecule has 0 bridgehead atoms. The van der Waals surface area contributed by atoms with Gasteiger partial charge in [0.2, 0.25) is 5.89 Å². The summed E-state index contributed by atoms with van der Waals surface area (Å²) in [6.45, 7) is 4.34. The molecular formula is C24H24N4O2. The van der Waals surface area contributed by atoms with Crippen molar-refractivity contribution in [2.75, 3.05) is 0 Å². The molecule has 30 heavy (non-hydrogen) atoms. The van der Waals surface area contributed by atoms with Gasteiger partial charge in [0.25, 0.3) is 5.91 Å². The number of aryl methyl sites for hydroxylation is 2. The van der Waals surface area contributed by atoms with Gasteiger partial charge in [-0.25, -0.2) is 10.4 Å². The predicted octanol–water partition coefficient (Wildman–Crippen LogP) is 4.09. The van der Waals surface area contributed by atoms with Crippen LogP contribution in [0.4, 0.5) is 0 Å². The van der Waals surface area contributed by atoms with E-state index in [2.05, 4.69) is 17.6 Å². The molecule has 3 aromatic rings. The second-order valence-corrected chi connectivity index (χ2v) is 7.85. The molecule has 152 valence electrons. The molecule has 0 saturated carbocycles. The Morgan fingerprint density at radius 2 is 1.83 bits per heavy atom. The molecule has 0 radical (unpaired) electrons. The molecule has 1 fully saturated rings. The summed E-state index contributed by atoms with van der Waals surface area (Å²) in [4.78, 5) is 19.6. The molecule has 1 saturated heterocycles. The number of rotatable bonds is 4. The van der Waals surface area contributed by atoms with E-state index in [0.717, 1.165) is 29.0 Å². The van der Waals surface area contributed by atoms with Gasteiger partial charge >= 0.3 is 0 Å². The van der Waals surface area contributed by atoms with Gasteiger partial charge in [0, 0.05) is 18.0 Å². The standard InChI is InChI=1S/C24H24N4O2/c1-16-8-6-7-11-19(16)23-25-21(17(2)30-23)15-27-12-13-28-22(24(27)29)14-20(26-28)18-9-4-3-5-10-18/h3-13,20,22,26H,14-15H2,1-2H3. The lowest BCUT2D eigenvalue weighted by atomic mass is 10.0. The van der Waals surface area contributed by atoms with Crippen molar-refractivity contribution < 1.29 is 9.21 Å². The molecule has 2 atom stereocenters. The normalized spacial score (nSPS) is 20.7. The van der Waals surface area contributed by atoms with Crippen molar-refractivity contribution in [3.05, 3.63) is 89.6 Å². The lowest BCUT2D eigenvalue weighted by Crippen LogP contribution is -2.47. The second kappa shape index (κ2) is 7.46. The third-order valence-electron chi connectivity index (χ3n) is 5.87. The van der Waals surface area contributed by atoms with Gasteiger partial charge in [0.1, 0.15) is 17.5 Å². The summed E-state index contributed by atoms with van der Waals surface area (Å²) in [6.07, 6.45) is 4.49. The summed E-state index contributed by atoms with van der Waals surface area (Å²) in [6, 6.07) is 18.2. The van der Waals surface area contributed by atoms with Crippen LogP contribution in [0.5, 0.6) is 0 Å². The van der Waals surface area contributed by atoms with Crippen molar-refractivity contribution in [2.24, 2.45) is 0 Å². The van der Waals surface area contributed by atoms with Gasteiger partial charge < -0.3 is 14.3 Å². The number of fused-ring (bicyclic) bond motifs is 1. The SMILES string of the molecule is Cc1ccccc1-c1nc(CN2C=CN3NC(c4ccccc4)CC3C2=O)c(C)o1. The van der Waals surface area contributed by atoms with Crippen molar-refractivity contribution in [3.8, 4) is 11.5 Å². The highest BCUT2D eigenvalue weighted by molar-refractivity contribution is 5.84. The van der Waals surface area contributed by atoms with E-state index in [4.69, 9.17) is 9.40 Å². The van der Waals surface area contributed by atoms with Crippen molar-refractivity contribution in [1.82, 2.24) is 20.3 Å². The Hall–Kier alpha value is -3.38. The zero-order valence-electron chi connectivity index (χ0n) is 17.1. The number of hydrogen-bond donors (Lipinski definition) is 1. The number of nitrogens with zero attached hydrogens (tertiary/aromatic N) is 3. The average Bonchev–Trinajstić information content (AvgIpc) is 3.35. The van der Waals surface area contributed by atoms with Crippen molar-refractivity contribution in [3.63, 3.8) is 0 Å². The molecule has 2 aliphatic rings. The van der Waals surface area contributed by atoms with Gasteiger partial charge in [-0.1, -0.05) is 48.5 Å². The predicted molar refractivity (Wildman–Crippen MR) is 114 cm³/mol. The van der Waals surface area contributed by atoms with Crippen LogP contribution < -0.4 is 5.43 Å². The minimum Gasteiger partial charge on any atom is -0.441 e. The summed E-state index contributed by atoms with van der Waals surface area (Å²) < 4.78 is 5.92. The number of aromatic nitrogens is 1. The van der Waals surface area contributed by atoms with E-state index in [0.29, 0.717) is 12.4 Å². The first-order valence-electron chi connectivity index (χ1n) is 10.2. The highest BCUT2D eigenvalue weighted by atomic mass is 16.4. The lowest BCUT2D eigenvalue weighted by Gasteiger charge is -2.31. The number of benzene rings is 2. The third kappa shape index (κ3) is 3.29. The number of amides is 1. The first-order chi connectivity index (χ1) is 14.6. The highest BCUT2D eigenvalue weighted by Crippen LogP contribution is 2.32. The Kier molecular flexibility index (Phi) is 4.64. The topological polar surface area (TPSA) is 61.6 Å². The fraction of sp³-hybridized carbons (Fsp3) is 0.250. The summed E-state index contributed by atoms with van der Waals surface area (Å²) >= 11 is 0. The second-order valence-electron chi connectivity index (χ2n) is 7.85. The molecule has 1 N–H and O–H groups in total. The van der Waals surface area contributed by atoms with Crippen LogP contribution in [0.15, 0.2) is 71.4 Å². The van der Waals surface area contributed by atoms with Crippen LogP contribution >= 0.6 is 0 Å². The molecule has 6 heteroatoms. The largest absolute Gasteiger partial charge is 0.441 e. The number of carbonyl (C=O) groups excluding carboxylic acids is 1. The zero-order valence-corrected chi connectivity index (χ0v) is 17.1. The Labute approximate surface area is 175 Å². The third-order valence-corrected chi connectivity index (χ3v) is 5.87. The van der Waals surface area contributed by atoms with Crippen LogP contribution in [0.3, 0.4) is 0 Å². The lowest BCUT2D eigenvalue weighted by molar-refractivity contribution is -0.135. The fourth-order valence-corrected chi connectivity index (χ4v) is 4.13. The first-order valence-corrected chi connectivity index (χ1v) is 10.2. The van der Waals surface area contributed by atoms with E-state index < -0.39 is 0 Å². The van der Waals surface area contributed by atoms with Crippen molar-refractivity contribution in [1.29, 1.82) is 0 Å². The molecular weight excluding hydrogens is 376 g/mol. The Morgan fingerprint density at radius 3 is 2.63 bits per heavy atom. The van der Waals surface area contributed by atoms with Gasteiger partial charge in [-0.2, -0.15) is 0 Å². The summed E-state index contributed by atoms with van der Waals surface area (Å²) in [5.74, 6) is 1.41. The van der Waals surface area contributed by atoms with Crippen molar-refractivity contribution >= 4 is 5.91 Å². The van der Waals surface area contributed by atoms with Gasteiger partial charge in [-0.3, -0.25) is 4.79 Å². The maximum Gasteiger partial charge on any atom is 0.251 e. The minimum atomic E-state index is -0.219. The number of carbonyl (C=O) groups is 1. The molecule has 1 aromatic heterocycles. The van der Waals surface area contributed by atoms with Crippen LogP contribution in [-0.2, 0) is 11.3 Å². The van der Waals surface area contributed by atoms with E-state index in [1.165, 1.54) is 5.56 Å². The summed E-state index contributed by atoms with van der Waals surface area (Å²) in [5.41, 5.74) is 7.49. The molecule has 0 aliphatic carbocycles. The van der Waals surface area contributed by atoms with Gasteiger partial charge in [0.15, 0.2) is 0 Å². The van der Waals surface area contributed by atoms with Crippen LogP contribution in [-0.4, -0.2) is 26.8 Å². The maximum atomic E-state index is 13.2. The number of hydrogen-bond acceptors (Lipinski definition) is 5. The van der Waals surface area contributed by atoms with Gasteiger partial charge in [-0.05, 0) is 37.5 Å². The average molecular weight is 400 g/mol. The smallest absolute Gasteiger partial charge is 0.251 e. The Balaban J connectivity index is 1.33. The van der Waals surface area contributed by atoms with E-state index in [-0.39, 0.29) is 18.0 Å². The molecule has 0 spiro atoms. The molecule has 6 nitrogen and oxygen atoms in total. The van der Waals surface area contributed by atoms with E-state index in [9.17, 15) is 4.79 Å². The van der Waals surface area contributed by atoms with E-state index in [1.807, 2.05) is 73.7 Å². The highest BCUT2D eigenvalue weighted by Gasteiger charge is 2.40. The van der Waals surface area contributed by atoms with E-state index in [1.54, 1.807) is 4.90 Å². The number of oxazole rings is 1. The zero-order chi connectivity index (χ0) is 20.7.